The van der Waals surface area contributed by atoms with Gasteiger partial charge in [-0.25, -0.2) is 4.39 Å². The molecule has 2 aromatic carbocycles. The predicted octanol–water partition coefficient (Wildman–Crippen LogP) is 4.01. The molecule has 0 unspecified atom stereocenters. The molecule has 3 nitrogen and oxygen atoms in total. The van der Waals surface area contributed by atoms with E-state index in [9.17, 15) is 4.39 Å². The molecule has 1 saturated heterocycles. The van der Waals surface area contributed by atoms with Gasteiger partial charge in [0.25, 0.3) is 0 Å². The molecule has 1 fully saturated rings. The minimum absolute atomic E-state index is 0.305. The van der Waals surface area contributed by atoms with E-state index in [4.69, 9.17) is 14.0 Å². The molecular formula is C20H24BFO3. The van der Waals surface area contributed by atoms with Gasteiger partial charge in [-0.2, -0.15) is 0 Å². The molecule has 0 saturated carbocycles. The minimum Gasteiger partial charge on any atom is -0.489 e. The van der Waals surface area contributed by atoms with Gasteiger partial charge in [-0.15, -0.1) is 0 Å². The van der Waals surface area contributed by atoms with Crippen LogP contribution < -0.4 is 10.2 Å². The number of hydrogen-bond acceptors (Lipinski definition) is 3. The molecule has 0 bridgehead atoms. The number of hydrogen-bond donors (Lipinski definition) is 0. The second-order valence-electron chi connectivity index (χ2n) is 7.52. The second-order valence-corrected chi connectivity index (χ2v) is 7.52. The number of benzene rings is 2. The van der Waals surface area contributed by atoms with Crippen molar-refractivity contribution >= 4 is 12.6 Å². The van der Waals surface area contributed by atoms with Gasteiger partial charge in [-0.1, -0.05) is 24.3 Å². The van der Waals surface area contributed by atoms with E-state index in [0.29, 0.717) is 12.4 Å². The highest BCUT2D eigenvalue weighted by atomic mass is 19.1. The van der Waals surface area contributed by atoms with Crippen LogP contribution in [0.4, 0.5) is 4.39 Å². The first-order valence-corrected chi connectivity index (χ1v) is 8.51. The highest BCUT2D eigenvalue weighted by molar-refractivity contribution is 6.62. The maximum Gasteiger partial charge on any atom is 0.494 e. The molecule has 2 aromatic rings. The molecule has 5 heteroatoms. The summed E-state index contributed by atoms with van der Waals surface area (Å²) in [4.78, 5) is 0. The summed E-state index contributed by atoms with van der Waals surface area (Å²) in [6.07, 6.45) is 0. The Morgan fingerprint density at radius 3 is 2.32 bits per heavy atom. The summed E-state index contributed by atoms with van der Waals surface area (Å²) in [5, 5.41) is 0. The van der Waals surface area contributed by atoms with Crippen molar-refractivity contribution in [2.24, 2.45) is 0 Å². The molecular weight excluding hydrogens is 318 g/mol. The molecule has 0 radical (unpaired) electrons. The smallest absolute Gasteiger partial charge is 0.489 e. The quantitative estimate of drug-likeness (QED) is 0.786. The maximum atomic E-state index is 13.3. The average Bonchev–Trinajstić information content (AvgIpc) is 2.75. The lowest BCUT2D eigenvalue weighted by atomic mass is 9.78. The summed E-state index contributed by atoms with van der Waals surface area (Å²) < 4.78 is 31.2. The SMILES string of the molecule is Cc1ccc(B2OC(C)(C)C(C)(C)O2)cc1COc1cccc(F)c1. The van der Waals surface area contributed by atoms with Crippen LogP contribution in [-0.2, 0) is 15.9 Å². The van der Waals surface area contributed by atoms with Gasteiger partial charge in [0.05, 0.1) is 11.2 Å². The molecule has 25 heavy (non-hydrogen) atoms. The van der Waals surface area contributed by atoms with Crippen LogP contribution in [-0.4, -0.2) is 18.3 Å². The largest absolute Gasteiger partial charge is 0.494 e. The van der Waals surface area contributed by atoms with Gasteiger partial charge >= 0.3 is 7.12 Å². The fourth-order valence-corrected chi connectivity index (χ4v) is 2.69. The Morgan fingerprint density at radius 1 is 1.00 bits per heavy atom. The normalized spacial score (nSPS) is 18.4. The van der Waals surface area contributed by atoms with Crippen molar-refractivity contribution in [1.29, 1.82) is 0 Å². The molecule has 3 rings (SSSR count). The standard InChI is InChI=1S/C20H24BFO3/c1-14-9-10-16(21-24-19(2,3)20(4,5)25-21)11-15(14)13-23-18-8-6-7-17(22)12-18/h6-12H,13H2,1-5H3. The van der Waals surface area contributed by atoms with Gasteiger partial charge in [0.1, 0.15) is 18.2 Å². The lowest BCUT2D eigenvalue weighted by molar-refractivity contribution is 0.00578. The molecule has 0 atom stereocenters. The van der Waals surface area contributed by atoms with Crippen molar-refractivity contribution in [1.82, 2.24) is 0 Å². The van der Waals surface area contributed by atoms with Crippen LogP contribution in [0, 0.1) is 12.7 Å². The maximum absolute atomic E-state index is 13.3. The topological polar surface area (TPSA) is 27.7 Å². The van der Waals surface area contributed by atoms with Crippen LogP contribution in [0.3, 0.4) is 0 Å². The third kappa shape index (κ3) is 3.72. The average molecular weight is 342 g/mol. The van der Waals surface area contributed by atoms with Crippen molar-refractivity contribution in [2.75, 3.05) is 0 Å². The fraction of sp³-hybridized carbons (Fsp3) is 0.400. The van der Waals surface area contributed by atoms with Crippen LogP contribution >= 0.6 is 0 Å². The van der Waals surface area contributed by atoms with Gasteiger partial charge < -0.3 is 14.0 Å². The van der Waals surface area contributed by atoms with Crippen LogP contribution in [0.1, 0.15) is 38.8 Å². The van der Waals surface area contributed by atoms with Crippen LogP contribution in [0.2, 0.25) is 0 Å². The van der Waals surface area contributed by atoms with Crippen molar-refractivity contribution in [2.45, 2.75) is 52.4 Å². The summed E-state index contributed by atoms with van der Waals surface area (Å²) in [6, 6.07) is 12.3. The number of ether oxygens (including phenoxy) is 1. The van der Waals surface area contributed by atoms with Crippen molar-refractivity contribution in [3.63, 3.8) is 0 Å². The van der Waals surface area contributed by atoms with E-state index in [1.807, 2.05) is 52.8 Å². The molecule has 1 aliphatic rings. The van der Waals surface area contributed by atoms with E-state index in [-0.39, 0.29) is 17.0 Å². The Labute approximate surface area is 149 Å². The zero-order valence-corrected chi connectivity index (χ0v) is 15.4. The Morgan fingerprint density at radius 2 is 1.68 bits per heavy atom. The summed E-state index contributed by atoms with van der Waals surface area (Å²) in [6.45, 7) is 10.5. The molecule has 0 aromatic heterocycles. The third-order valence-electron chi connectivity index (χ3n) is 5.09. The first kappa shape index (κ1) is 18.0. The van der Waals surface area contributed by atoms with Crippen molar-refractivity contribution in [3.05, 3.63) is 59.4 Å². The number of halogens is 1. The van der Waals surface area contributed by atoms with Crippen molar-refractivity contribution in [3.8, 4) is 5.75 Å². The Balaban J connectivity index is 1.77. The summed E-state index contributed by atoms with van der Waals surface area (Å²) in [5.41, 5.74) is 2.34. The van der Waals surface area contributed by atoms with E-state index in [0.717, 1.165) is 16.6 Å². The highest BCUT2D eigenvalue weighted by Crippen LogP contribution is 2.36. The summed E-state index contributed by atoms with van der Waals surface area (Å²) in [7, 11) is -0.404. The highest BCUT2D eigenvalue weighted by Gasteiger charge is 2.51. The molecule has 1 heterocycles. The zero-order valence-electron chi connectivity index (χ0n) is 15.4. The van der Waals surface area contributed by atoms with Crippen LogP contribution in [0.5, 0.6) is 5.75 Å². The lowest BCUT2D eigenvalue weighted by Crippen LogP contribution is -2.41. The van der Waals surface area contributed by atoms with E-state index in [1.54, 1.807) is 12.1 Å². The number of aryl methyl sites for hydroxylation is 1. The Hall–Kier alpha value is -1.85. The van der Waals surface area contributed by atoms with E-state index in [2.05, 4.69) is 0 Å². The van der Waals surface area contributed by atoms with Crippen LogP contribution in [0.25, 0.3) is 0 Å². The number of rotatable bonds is 4. The Kier molecular flexibility index (Phi) is 4.65. The van der Waals surface area contributed by atoms with E-state index in [1.165, 1.54) is 12.1 Å². The first-order valence-electron chi connectivity index (χ1n) is 8.51. The molecule has 132 valence electrons. The van der Waals surface area contributed by atoms with E-state index < -0.39 is 7.12 Å². The van der Waals surface area contributed by atoms with Gasteiger partial charge in [0.15, 0.2) is 0 Å². The lowest BCUT2D eigenvalue weighted by Gasteiger charge is -2.32. The third-order valence-corrected chi connectivity index (χ3v) is 5.09. The summed E-state index contributed by atoms with van der Waals surface area (Å²) in [5.74, 6) is 0.209. The van der Waals surface area contributed by atoms with Gasteiger partial charge in [-0.05, 0) is 63.3 Å². The molecule has 1 aliphatic heterocycles. The fourth-order valence-electron chi connectivity index (χ4n) is 2.69. The first-order chi connectivity index (χ1) is 11.7. The molecule has 0 N–H and O–H groups in total. The monoisotopic (exact) mass is 342 g/mol. The second kappa shape index (κ2) is 6.47. The zero-order chi connectivity index (χ0) is 18.2. The minimum atomic E-state index is -0.404. The van der Waals surface area contributed by atoms with Gasteiger partial charge in [0.2, 0.25) is 0 Å². The molecule has 0 aliphatic carbocycles. The van der Waals surface area contributed by atoms with Gasteiger partial charge in [0, 0.05) is 6.07 Å². The van der Waals surface area contributed by atoms with Gasteiger partial charge in [-0.3, -0.25) is 0 Å². The molecule has 0 spiro atoms. The van der Waals surface area contributed by atoms with Crippen molar-refractivity contribution < 1.29 is 18.4 Å². The Bertz CT molecular complexity index is 757. The van der Waals surface area contributed by atoms with Crippen LogP contribution in [0.15, 0.2) is 42.5 Å². The van der Waals surface area contributed by atoms with E-state index >= 15 is 0 Å². The summed E-state index contributed by atoms with van der Waals surface area (Å²) >= 11 is 0. The predicted molar refractivity (Wildman–Crippen MR) is 97.6 cm³/mol. The molecule has 0 amide bonds.